The van der Waals surface area contributed by atoms with Gasteiger partial charge in [-0.25, -0.2) is 16.1 Å². The molecular weight excluding hydrogens is 314 g/mol. The van der Waals surface area contributed by atoms with Gasteiger partial charge < -0.3 is 0 Å². The molecule has 23 heavy (non-hydrogen) atoms. The lowest BCUT2D eigenvalue weighted by molar-refractivity contribution is 0.235. The van der Waals surface area contributed by atoms with Gasteiger partial charge in [0.15, 0.2) is 0 Å². The first-order valence-corrected chi connectivity index (χ1v) is 8.15. The van der Waals surface area contributed by atoms with Crippen molar-refractivity contribution in [1.29, 1.82) is 0 Å². The van der Waals surface area contributed by atoms with Gasteiger partial charge in [-0.15, -0.1) is 0 Å². The van der Waals surface area contributed by atoms with Crippen molar-refractivity contribution in [2.75, 3.05) is 26.2 Å². The number of aryl methyl sites for hydroxylation is 1. The number of benzene rings is 1. The molecule has 0 spiro atoms. The third-order valence-electron chi connectivity index (χ3n) is 3.94. The average molecular weight is 338 g/mol. The normalized spacial score (nSPS) is 15.2. The van der Waals surface area contributed by atoms with Gasteiger partial charge in [0.05, 0.1) is 0 Å². The summed E-state index contributed by atoms with van der Waals surface area (Å²) in [5, 5.41) is 0.786. The molecular formula is C16H24ClN5O. The average Bonchev–Trinajstić information content (AvgIpc) is 2.55. The molecule has 0 atom stereocenters. The number of nitrogens with one attached hydrogen (secondary N) is 3. The Hall–Kier alpha value is -1.60. The van der Waals surface area contributed by atoms with Crippen LogP contribution < -0.4 is 22.1 Å². The summed E-state index contributed by atoms with van der Waals surface area (Å²) < 4.78 is 0. The van der Waals surface area contributed by atoms with Crippen LogP contribution in [-0.2, 0) is 0 Å². The van der Waals surface area contributed by atoms with Gasteiger partial charge in [0.25, 0.3) is 0 Å². The Morgan fingerprint density at radius 3 is 2.91 bits per heavy atom. The first-order chi connectivity index (χ1) is 11.1. The minimum Gasteiger partial charge on any atom is -0.299 e. The van der Waals surface area contributed by atoms with Crippen LogP contribution in [-0.4, -0.2) is 37.1 Å². The Morgan fingerprint density at radius 1 is 1.43 bits per heavy atom. The second-order valence-corrected chi connectivity index (χ2v) is 6.05. The fraction of sp³-hybridized carbons (Fsp3) is 0.438. The molecule has 7 heteroatoms. The van der Waals surface area contributed by atoms with Crippen LogP contribution in [0, 0.1) is 6.92 Å². The highest BCUT2D eigenvalue weighted by molar-refractivity contribution is 6.30. The van der Waals surface area contributed by atoms with Crippen LogP contribution in [0.1, 0.15) is 24.0 Å². The number of hydrogen-bond donors (Lipinski definition) is 4. The minimum atomic E-state index is -0.436. The van der Waals surface area contributed by atoms with Gasteiger partial charge in [0.1, 0.15) is 0 Å². The Bertz CT molecular complexity index is 576. The largest absolute Gasteiger partial charge is 0.343 e. The summed E-state index contributed by atoms with van der Waals surface area (Å²) in [4.78, 5) is 13.3. The molecule has 0 unspecified atom stereocenters. The van der Waals surface area contributed by atoms with E-state index in [0.717, 1.165) is 37.5 Å². The lowest BCUT2D eigenvalue weighted by Gasteiger charge is -2.27. The van der Waals surface area contributed by atoms with Gasteiger partial charge >= 0.3 is 6.03 Å². The molecule has 6 nitrogen and oxygen atoms in total. The zero-order valence-electron chi connectivity index (χ0n) is 13.4. The van der Waals surface area contributed by atoms with E-state index in [4.69, 9.17) is 17.4 Å². The molecule has 1 aromatic carbocycles. The third-order valence-corrected chi connectivity index (χ3v) is 4.17. The molecule has 0 radical (unpaired) electrons. The molecule has 1 aliphatic rings. The van der Waals surface area contributed by atoms with Gasteiger partial charge in [0.2, 0.25) is 0 Å². The molecule has 0 fully saturated rings. The van der Waals surface area contributed by atoms with Crippen LogP contribution in [0.3, 0.4) is 0 Å². The van der Waals surface area contributed by atoms with E-state index in [0.29, 0.717) is 6.54 Å². The molecule has 126 valence electrons. The second kappa shape index (κ2) is 8.88. The van der Waals surface area contributed by atoms with Crippen molar-refractivity contribution in [2.45, 2.75) is 19.8 Å². The zero-order chi connectivity index (χ0) is 16.7. The fourth-order valence-corrected chi connectivity index (χ4v) is 2.94. The van der Waals surface area contributed by atoms with Crippen molar-refractivity contribution in [1.82, 2.24) is 21.2 Å². The predicted octanol–water partition coefficient (Wildman–Crippen LogP) is 1.81. The quantitative estimate of drug-likeness (QED) is 0.276. The standard InChI is InChI=1S/C16H24ClN5O/c1-12-11-14(17)3-4-15(12)13-5-9-22(10-6-13)8-2-7-19-21-16(23)20-18/h3-5,11,19H,2,6-10,18H2,1H3,(H2,20,21,23). The molecule has 1 aliphatic heterocycles. The molecule has 0 bridgehead atoms. The molecule has 0 saturated heterocycles. The predicted molar refractivity (Wildman–Crippen MR) is 93.7 cm³/mol. The zero-order valence-corrected chi connectivity index (χ0v) is 14.1. The highest BCUT2D eigenvalue weighted by Gasteiger charge is 2.14. The summed E-state index contributed by atoms with van der Waals surface area (Å²) in [6.45, 7) is 5.79. The first-order valence-electron chi connectivity index (χ1n) is 7.77. The van der Waals surface area contributed by atoms with E-state index < -0.39 is 6.03 Å². The highest BCUT2D eigenvalue weighted by Crippen LogP contribution is 2.27. The van der Waals surface area contributed by atoms with Gasteiger partial charge in [-0.3, -0.25) is 15.8 Å². The molecule has 5 N–H and O–H groups in total. The third kappa shape index (κ3) is 5.51. The first kappa shape index (κ1) is 17.7. The van der Waals surface area contributed by atoms with Crippen LogP contribution in [0.25, 0.3) is 5.57 Å². The Labute approximate surface area is 142 Å². The van der Waals surface area contributed by atoms with Crippen molar-refractivity contribution in [2.24, 2.45) is 5.84 Å². The molecule has 0 aliphatic carbocycles. The Kier molecular flexibility index (Phi) is 6.85. The molecule has 1 heterocycles. The van der Waals surface area contributed by atoms with E-state index in [-0.39, 0.29) is 0 Å². The second-order valence-electron chi connectivity index (χ2n) is 5.62. The summed E-state index contributed by atoms with van der Waals surface area (Å²) in [5.74, 6) is 4.96. The number of carbonyl (C=O) groups excluding carboxylic acids is 1. The fourth-order valence-electron chi connectivity index (χ4n) is 2.72. The van der Waals surface area contributed by atoms with Crippen LogP contribution in [0.4, 0.5) is 4.79 Å². The van der Waals surface area contributed by atoms with Gasteiger partial charge in [-0.05, 0) is 55.1 Å². The number of carbonyl (C=O) groups is 1. The number of hydrazine groups is 2. The number of amides is 2. The van der Waals surface area contributed by atoms with Crippen LogP contribution in [0.5, 0.6) is 0 Å². The van der Waals surface area contributed by atoms with Crippen LogP contribution >= 0.6 is 11.6 Å². The maximum atomic E-state index is 10.9. The molecule has 0 aromatic heterocycles. The SMILES string of the molecule is Cc1cc(Cl)ccc1C1=CCN(CCCNNC(=O)NN)CC1. The summed E-state index contributed by atoms with van der Waals surface area (Å²) >= 11 is 6.02. The lowest BCUT2D eigenvalue weighted by atomic mass is 9.95. The van der Waals surface area contributed by atoms with Crippen molar-refractivity contribution in [3.8, 4) is 0 Å². The topological polar surface area (TPSA) is 82.4 Å². The molecule has 2 amide bonds. The van der Waals surface area contributed by atoms with E-state index in [1.165, 1.54) is 16.7 Å². The van der Waals surface area contributed by atoms with E-state index >= 15 is 0 Å². The maximum absolute atomic E-state index is 10.9. The number of rotatable bonds is 6. The Morgan fingerprint density at radius 2 is 2.26 bits per heavy atom. The van der Waals surface area contributed by atoms with E-state index in [1.54, 1.807) is 0 Å². The molecule has 1 aromatic rings. The van der Waals surface area contributed by atoms with E-state index in [9.17, 15) is 4.79 Å². The smallest absolute Gasteiger partial charge is 0.299 e. The Balaban J connectivity index is 1.74. The van der Waals surface area contributed by atoms with Gasteiger partial charge in [0, 0.05) is 24.7 Å². The van der Waals surface area contributed by atoms with E-state index in [2.05, 4.69) is 34.8 Å². The monoisotopic (exact) mass is 337 g/mol. The van der Waals surface area contributed by atoms with Crippen molar-refractivity contribution in [3.63, 3.8) is 0 Å². The number of nitrogens with two attached hydrogens (primary N) is 1. The summed E-state index contributed by atoms with van der Waals surface area (Å²) in [6, 6.07) is 5.64. The number of halogens is 1. The van der Waals surface area contributed by atoms with Crippen molar-refractivity contribution in [3.05, 3.63) is 40.4 Å². The molecule has 2 rings (SSSR count). The number of nitrogens with zero attached hydrogens (tertiary/aromatic N) is 1. The van der Waals surface area contributed by atoms with E-state index in [1.807, 2.05) is 17.6 Å². The number of urea groups is 1. The summed E-state index contributed by atoms with van der Waals surface area (Å²) in [7, 11) is 0. The summed E-state index contributed by atoms with van der Waals surface area (Å²) in [6.07, 6.45) is 4.30. The summed E-state index contributed by atoms with van der Waals surface area (Å²) in [5.41, 5.74) is 11.2. The van der Waals surface area contributed by atoms with Crippen LogP contribution in [0.15, 0.2) is 24.3 Å². The molecule has 0 saturated carbocycles. The van der Waals surface area contributed by atoms with Gasteiger partial charge in [-0.2, -0.15) is 0 Å². The highest BCUT2D eigenvalue weighted by atomic mass is 35.5. The lowest BCUT2D eigenvalue weighted by Crippen LogP contribution is -2.47. The van der Waals surface area contributed by atoms with Crippen LogP contribution in [0.2, 0.25) is 5.02 Å². The van der Waals surface area contributed by atoms with Gasteiger partial charge in [-0.1, -0.05) is 23.7 Å². The van der Waals surface area contributed by atoms with Crippen molar-refractivity contribution >= 4 is 23.2 Å². The number of hydrogen-bond acceptors (Lipinski definition) is 4. The van der Waals surface area contributed by atoms with Crippen molar-refractivity contribution < 1.29 is 4.79 Å². The maximum Gasteiger partial charge on any atom is 0.343 e. The minimum absolute atomic E-state index is 0.436.